The first-order valence-corrected chi connectivity index (χ1v) is 11.7. The Balaban J connectivity index is 1.80. The molecule has 1 saturated carbocycles. The first-order valence-electron chi connectivity index (χ1n) is 8.94. The standard InChI is InChI=1S/C17H25N3O4S2/c1-26(23,24)20-9-3-8-19(17(22)13-6-11-25-12-13)10-7-18-16(21)14-4-2-5-15(14)20/h6,11-12,14-15H,2-5,7-10H2,1H3,(H,18,21)/t14-,15+/m1/s1. The maximum Gasteiger partial charge on any atom is 0.254 e. The van der Waals surface area contributed by atoms with E-state index in [0.717, 1.165) is 6.42 Å². The van der Waals surface area contributed by atoms with Crippen LogP contribution in [-0.2, 0) is 14.8 Å². The molecular weight excluding hydrogens is 374 g/mol. The molecule has 0 aromatic carbocycles. The summed E-state index contributed by atoms with van der Waals surface area (Å²) in [6.07, 6.45) is 4.04. The minimum atomic E-state index is -3.41. The summed E-state index contributed by atoms with van der Waals surface area (Å²) < 4.78 is 26.1. The van der Waals surface area contributed by atoms with E-state index < -0.39 is 10.0 Å². The van der Waals surface area contributed by atoms with Crippen LogP contribution >= 0.6 is 11.3 Å². The van der Waals surface area contributed by atoms with Gasteiger partial charge in [0.1, 0.15) is 0 Å². The Labute approximate surface area is 158 Å². The number of fused-ring (bicyclic) bond motifs is 1. The molecule has 0 bridgehead atoms. The molecule has 1 aromatic heterocycles. The molecule has 2 heterocycles. The summed E-state index contributed by atoms with van der Waals surface area (Å²) in [5.74, 6) is -0.485. The summed E-state index contributed by atoms with van der Waals surface area (Å²) in [6, 6.07) is 1.51. The number of sulfonamides is 1. The fraction of sp³-hybridized carbons (Fsp3) is 0.647. The highest BCUT2D eigenvalue weighted by Gasteiger charge is 2.40. The Morgan fingerprint density at radius 1 is 1.23 bits per heavy atom. The van der Waals surface area contributed by atoms with Crippen LogP contribution in [0.2, 0.25) is 0 Å². The predicted octanol–water partition coefficient (Wildman–Crippen LogP) is 1.14. The average Bonchev–Trinajstić information content (AvgIpc) is 3.25. The van der Waals surface area contributed by atoms with Crippen molar-refractivity contribution in [2.45, 2.75) is 31.7 Å². The summed E-state index contributed by atoms with van der Waals surface area (Å²) in [7, 11) is -3.41. The van der Waals surface area contributed by atoms with Crippen LogP contribution in [0.5, 0.6) is 0 Å². The van der Waals surface area contributed by atoms with E-state index in [2.05, 4.69) is 5.32 Å². The fourth-order valence-electron chi connectivity index (χ4n) is 3.91. The van der Waals surface area contributed by atoms with Gasteiger partial charge < -0.3 is 10.2 Å². The third-order valence-corrected chi connectivity index (χ3v) is 7.14. The number of hydrogen-bond acceptors (Lipinski definition) is 5. The summed E-state index contributed by atoms with van der Waals surface area (Å²) in [6.45, 7) is 1.61. The maximum absolute atomic E-state index is 12.7. The van der Waals surface area contributed by atoms with Crippen LogP contribution in [-0.4, -0.2) is 67.9 Å². The van der Waals surface area contributed by atoms with Crippen molar-refractivity contribution in [3.63, 3.8) is 0 Å². The average molecular weight is 400 g/mol. The van der Waals surface area contributed by atoms with E-state index in [0.29, 0.717) is 51.0 Å². The van der Waals surface area contributed by atoms with Gasteiger partial charge in [-0.1, -0.05) is 6.42 Å². The molecule has 0 spiro atoms. The summed E-state index contributed by atoms with van der Waals surface area (Å²) in [4.78, 5) is 26.9. The minimum absolute atomic E-state index is 0.0779. The summed E-state index contributed by atoms with van der Waals surface area (Å²) >= 11 is 1.46. The third-order valence-electron chi connectivity index (χ3n) is 5.15. The topological polar surface area (TPSA) is 86.8 Å². The summed E-state index contributed by atoms with van der Waals surface area (Å²) in [5.41, 5.74) is 0.632. The highest BCUT2D eigenvalue weighted by molar-refractivity contribution is 7.88. The van der Waals surface area contributed by atoms with Crippen molar-refractivity contribution in [3.05, 3.63) is 22.4 Å². The van der Waals surface area contributed by atoms with Crippen LogP contribution in [0.15, 0.2) is 16.8 Å². The van der Waals surface area contributed by atoms with Gasteiger partial charge in [0.05, 0.1) is 17.7 Å². The van der Waals surface area contributed by atoms with Gasteiger partial charge in [-0.05, 0) is 30.7 Å². The molecule has 1 aromatic rings. The van der Waals surface area contributed by atoms with Gasteiger partial charge in [0.2, 0.25) is 15.9 Å². The molecule has 26 heavy (non-hydrogen) atoms. The Morgan fingerprint density at radius 2 is 2.04 bits per heavy atom. The Bertz CT molecular complexity index is 748. The fourth-order valence-corrected chi connectivity index (χ4v) is 5.75. The highest BCUT2D eigenvalue weighted by atomic mass is 32.2. The quantitative estimate of drug-likeness (QED) is 0.808. The summed E-state index contributed by atoms with van der Waals surface area (Å²) in [5, 5.41) is 6.56. The van der Waals surface area contributed by atoms with E-state index in [1.54, 1.807) is 16.3 Å². The van der Waals surface area contributed by atoms with Crippen molar-refractivity contribution in [2.75, 3.05) is 32.4 Å². The van der Waals surface area contributed by atoms with Crippen LogP contribution in [0, 0.1) is 5.92 Å². The largest absolute Gasteiger partial charge is 0.354 e. The van der Waals surface area contributed by atoms with Crippen LogP contribution in [0.4, 0.5) is 0 Å². The number of nitrogens with zero attached hydrogens (tertiary/aromatic N) is 2. The van der Waals surface area contributed by atoms with Crippen LogP contribution in [0.25, 0.3) is 0 Å². The third kappa shape index (κ3) is 4.27. The Kier molecular flexibility index (Phi) is 5.99. The maximum atomic E-state index is 12.7. The molecule has 2 atom stereocenters. The van der Waals surface area contributed by atoms with Crippen molar-refractivity contribution < 1.29 is 18.0 Å². The molecule has 1 saturated heterocycles. The lowest BCUT2D eigenvalue weighted by Gasteiger charge is -2.30. The van der Waals surface area contributed by atoms with Gasteiger partial charge >= 0.3 is 0 Å². The van der Waals surface area contributed by atoms with Crippen LogP contribution < -0.4 is 5.32 Å². The second-order valence-corrected chi connectivity index (χ2v) is 9.64. The number of carbonyl (C=O) groups excluding carboxylic acids is 2. The Morgan fingerprint density at radius 3 is 2.73 bits per heavy atom. The SMILES string of the molecule is CS(=O)(=O)N1CCCN(C(=O)c2ccsc2)CCNC(=O)[C@@H]2CCC[C@@H]21. The van der Waals surface area contributed by atoms with Gasteiger partial charge in [-0.2, -0.15) is 15.6 Å². The van der Waals surface area contributed by atoms with Crippen molar-refractivity contribution in [1.82, 2.24) is 14.5 Å². The number of carbonyl (C=O) groups is 2. The van der Waals surface area contributed by atoms with E-state index >= 15 is 0 Å². The lowest BCUT2D eigenvalue weighted by Crippen LogP contribution is -2.47. The second kappa shape index (κ2) is 8.06. The minimum Gasteiger partial charge on any atom is -0.354 e. The first kappa shape index (κ1) is 19.3. The van der Waals surface area contributed by atoms with Crippen LogP contribution in [0.3, 0.4) is 0 Å². The molecule has 2 aliphatic rings. The van der Waals surface area contributed by atoms with E-state index in [4.69, 9.17) is 0 Å². The molecule has 7 nitrogen and oxygen atoms in total. The molecule has 3 rings (SSSR count). The van der Waals surface area contributed by atoms with E-state index in [1.165, 1.54) is 21.9 Å². The number of thiophene rings is 1. The molecule has 0 radical (unpaired) electrons. The zero-order valence-corrected chi connectivity index (χ0v) is 16.5. The lowest BCUT2D eigenvalue weighted by atomic mass is 10.0. The zero-order valence-electron chi connectivity index (χ0n) is 14.9. The van der Waals surface area contributed by atoms with Gasteiger partial charge in [0, 0.05) is 37.6 Å². The smallest absolute Gasteiger partial charge is 0.254 e. The van der Waals surface area contributed by atoms with Crippen molar-refractivity contribution in [2.24, 2.45) is 5.92 Å². The molecular formula is C17H25N3O4S2. The molecule has 9 heteroatoms. The first-order chi connectivity index (χ1) is 12.4. The van der Waals surface area contributed by atoms with Gasteiger partial charge in [-0.3, -0.25) is 9.59 Å². The van der Waals surface area contributed by atoms with E-state index in [-0.39, 0.29) is 23.8 Å². The number of amides is 2. The van der Waals surface area contributed by atoms with E-state index in [9.17, 15) is 18.0 Å². The van der Waals surface area contributed by atoms with E-state index in [1.807, 2.05) is 5.38 Å². The highest BCUT2D eigenvalue weighted by Crippen LogP contribution is 2.32. The molecule has 2 fully saturated rings. The zero-order chi connectivity index (χ0) is 18.7. The predicted molar refractivity (Wildman–Crippen MR) is 101 cm³/mol. The van der Waals surface area contributed by atoms with Gasteiger partial charge in [0.25, 0.3) is 5.91 Å². The van der Waals surface area contributed by atoms with Gasteiger partial charge in [-0.25, -0.2) is 8.42 Å². The normalized spacial score (nSPS) is 26.0. The van der Waals surface area contributed by atoms with Crippen molar-refractivity contribution in [1.29, 1.82) is 0 Å². The molecule has 2 amide bonds. The molecule has 1 N–H and O–H groups in total. The number of nitrogens with one attached hydrogen (secondary N) is 1. The number of rotatable bonds is 2. The van der Waals surface area contributed by atoms with Crippen molar-refractivity contribution in [3.8, 4) is 0 Å². The van der Waals surface area contributed by atoms with Crippen molar-refractivity contribution >= 4 is 33.2 Å². The Hall–Kier alpha value is -1.45. The number of hydrogen-bond donors (Lipinski definition) is 1. The van der Waals surface area contributed by atoms with Gasteiger partial charge in [0.15, 0.2) is 0 Å². The lowest BCUT2D eigenvalue weighted by molar-refractivity contribution is -0.125. The molecule has 1 aliphatic carbocycles. The monoisotopic (exact) mass is 399 g/mol. The molecule has 144 valence electrons. The van der Waals surface area contributed by atoms with Crippen LogP contribution in [0.1, 0.15) is 36.0 Å². The molecule has 0 unspecified atom stereocenters. The molecule has 1 aliphatic heterocycles. The second-order valence-electron chi connectivity index (χ2n) is 6.93. The van der Waals surface area contributed by atoms with Gasteiger partial charge in [-0.15, -0.1) is 0 Å².